The second-order valence-corrected chi connectivity index (χ2v) is 5.25. The number of carboxylic acid groups (broad SMARTS) is 1. The Balaban J connectivity index is 5.12. The molecular weight excluding hydrogens is 274 g/mol. The third-order valence-electron chi connectivity index (χ3n) is 3.57. The van der Waals surface area contributed by atoms with Crippen LogP contribution in [0.2, 0.25) is 0 Å². The number of carbonyl (C=O) groups is 2. The Morgan fingerprint density at radius 2 is 1.57 bits per heavy atom. The topological polar surface area (TPSA) is 84.9 Å². The van der Waals surface area contributed by atoms with E-state index in [4.69, 9.17) is 9.47 Å². The lowest BCUT2D eigenvalue weighted by atomic mass is 9.91. The normalized spacial score (nSPS) is 14.5. The zero-order chi connectivity index (χ0) is 16.5. The number of unbranched alkanes of at least 4 members (excludes halogenated alkanes) is 2. The summed E-state index contributed by atoms with van der Waals surface area (Å²) in [5, 5.41) is 12.1. The van der Waals surface area contributed by atoms with Gasteiger partial charge in [0.1, 0.15) is 0 Å². The van der Waals surface area contributed by atoms with E-state index in [1.165, 1.54) is 6.92 Å². The molecule has 0 bridgehead atoms. The van der Waals surface area contributed by atoms with Gasteiger partial charge in [0, 0.05) is 19.6 Å². The Morgan fingerprint density at radius 1 is 1.05 bits per heavy atom. The molecule has 124 valence electrons. The number of hydrogen-bond donors (Lipinski definition) is 2. The van der Waals surface area contributed by atoms with Gasteiger partial charge in [-0.2, -0.15) is 0 Å². The van der Waals surface area contributed by atoms with Crippen LogP contribution >= 0.6 is 0 Å². The van der Waals surface area contributed by atoms with E-state index < -0.39 is 17.3 Å². The molecule has 6 nitrogen and oxygen atoms in total. The smallest absolute Gasteiger partial charge is 0.334 e. The lowest BCUT2D eigenvalue weighted by Crippen LogP contribution is -2.68. The minimum atomic E-state index is -1.65. The van der Waals surface area contributed by atoms with E-state index in [-0.39, 0.29) is 19.1 Å². The molecule has 0 saturated heterocycles. The van der Waals surface area contributed by atoms with E-state index in [1.807, 2.05) is 6.92 Å². The summed E-state index contributed by atoms with van der Waals surface area (Å²) in [4.78, 5) is 23.7. The Kier molecular flexibility index (Phi) is 8.51. The molecule has 0 radical (unpaired) electrons. The summed E-state index contributed by atoms with van der Waals surface area (Å²) in [6, 6.07) is 0. The van der Waals surface area contributed by atoms with Crippen molar-refractivity contribution in [3.05, 3.63) is 0 Å². The largest absolute Gasteiger partial charge is 0.479 e. The van der Waals surface area contributed by atoms with Gasteiger partial charge in [-0.25, -0.2) is 4.79 Å². The van der Waals surface area contributed by atoms with E-state index in [1.54, 1.807) is 20.8 Å². The number of carbonyl (C=O) groups excluding carboxylic acids is 1. The molecule has 1 unspecified atom stereocenters. The molecule has 0 saturated carbocycles. The third-order valence-corrected chi connectivity index (χ3v) is 3.57. The fraction of sp³-hybridized carbons (Fsp3) is 0.867. The average molecular weight is 303 g/mol. The summed E-state index contributed by atoms with van der Waals surface area (Å²) in [6.07, 6.45) is 2.97. The van der Waals surface area contributed by atoms with Crippen molar-refractivity contribution in [3.8, 4) is 0 Å². The monoisotopic (exact) mass is 303 g/mol. The zero-order valence-corrected chi connectivity index (χ0v) is 13.8. The molecule has 0 aromatic rings. The summed E-state index contributed by atoms with van der Waals surface area (Å²) in [5.41, 5.74) is -1.65. The van der Waals surface area contributed by atoms with Crippen molar-refractivity contribution in [1.29, 1.82) is 0 Å². The molecule has 21 heavy (non-hydrogen) atoms. The molecule has 0 fully saturated rings. The van der Waals surface area contributed by atoms with Gasteiger partial charge in [0.2, 0.25) is 5.91 Å². The molecule has 6 heteroatoms. The van der Waals surface area contributed by atoms with Gasteiger partial charge in [0.15, 0.2) is 11.3 Å². The fourth-order valence-corrected chi connectivity index (χ4v) is 2.12. The minimum Gasteiger partial charge on any atom is -0.479 e. The quantitative estimate of drug-likeness (QED) is 0.452. The first-order valence-electron chi connectivity index (χ1n) is 7.59. The van der Waals surface area contributed by atoms with Crippen LogP contribution in [-0.4, -0.2) is 41.5 Å². The molecule has 0 aromatic carbocycles. The standard InChI is InChI=1S/C15H29NO5/c1-6-9-10-11-12(17)16-14(4,13(18)19)15(5,20-7-2)21-8-3/h6-11H2,1-5H3,(H,16,17)(H,18,19). The van der Waals surface area contributed by atoms with E-state index in [9.17, 15) is 14.7 Å². The highest BCUT2D eigenvalue weighted by molar-refractivity contribution is 5.87. The van der Waals surface area contributed by atoms with Crippen molar-refractivity contribution in [1.82, 2.24) is 5.32 Å². The average Bonchev–Trinajstić information content (AvgIpc) is 2.39. The molecule has 0 aliphatic rings. The summed E-state index contributed by atoms with van der Waals surface area (Å²) in [7, 11) is 0. The molecule has 2 N–H and O–H groups in total. The van der Waals surface area contributed by atoms with Gasteiger partial charge < -0.3 is 19.9 Å². The van der Waals surface area contributed by atoms with Gasteiger partial charge in [-0.05, 0) is 34.1 Å². The number of hydrogen-bond acceptors (Lipinski definition) is 4. The first kappa shape index (κ1) is 19.9. The second-order valence-electron chi connectivity index (χ2n) is 5.25. The van der Waals surface area contributed by atoms with Crippen LogP contribution in [-0.2, 0) is 19.1 Å². The van der Waals surface area contributed by atoms with Gasteiger partial charge in [-0.3, -0.25) is 4.79 Å². The van der Waals surface area contributed by atoms with Crippen molar-refractivity contribution < 1.29 is 24.2 Å². The van der Waals surface area contributed by atoms with Crippen LogP contribution in [0.3, 0.4) is 0 Å². The lowest BCUT2D eigenvalue weighted by molar-refractivity contribution is -0.261. The molecule has 0 heterocycles. The number of amides is 1. The molecule has 0 rings (SSSR count). The first-order chi connectivity index (χ1) is 9.77. The van der Waals surface area contributed by atoms with E-state index in [0.717, 1.165) is 19.3 Å². The van der Waals surface area contributed by atoms with Gasteiger partial charge in [-0.15, -0.1) is 0 Å². The number of ether oxygens (including phenoxy) is 2. The van der Waals surface area contributed by atoms with Crippen LogP contribution < -0.4 is 5.32 Å². The third kappa shape index (κ3) is 5.28. The van der Waals surface area contributed by atoms with Crippen LogP contribution in [0.25, 0.3) is 0 Å². The summed E-state index contributed by atoms with van der Waals surface area (Å²) in [5.74, 6) is -2.92. The molecular formula is C15H29NO5. The first-order valence-corrected chi connectivity index (χ1v) is 7.59. The fourth-order valence-electron chi connectivity index (χ4n) is 2.12. The number of nitrogens with one attached hydrogen (secondary N) is 1. The molecule has 0 aliphatic heterocycles. The maximum Gasteiger partial charge on any atom is 0.334 e. The van der Waals surface area contributed by atoms with Crippen LogP contribution in [0.5, 0.6) is 0 Å². The van der Waals surface area contributed by atoms with Crippen molar-refractivity contribution in [2.75, 3.05) is 13.2 Å². The summed E-state index contributed by atoms with van der Waals surface area (Å²) < 4.78 is 11.0. The van der Waals surface area contributed by atoms with E-state index in [0.29, 0.717) is 6.42 Å². The van der Waals surface area contributed by atoms with Crippen molar-refractivity contribution in [2.24, 2.45) is 0 Å². The predicted octanol–water partition coefficient (Wildman–Crippen LogP) is 2.32. The molecule has 0 spiro atoms. The van der Waals surface area contributed by atoms with Gasteiger partial charge in [0.05, 0.1) is 0 Å². The lowest BCUT2D eigenvalue weighted by Gasteiger charge is -2.42. The van der Waals surface area contributed by atoms with Crippen LogP contribution in [0.15, 0.2) is 0 Å². The highest BCUT2D eigenvalue weighted by atomic mass is 16.7. The van der Waals surface area contributed by atoms with Crippen molar-refractivity contribution >= 4 is 11.9 Å². The SMILES string of the molecule is CCCCCC(=O)NC(C)(C(=O)O)C(C)(OCC)OCC. The highest BCUT2D eigenvalue weighted by Gasteiger charge is 2.54. The molecule has 1 amide bonds. The van der Waals surface area contributed by atoms with Crippen LogP contribution in [0.4, 0.5) is 0 Å². The van der Waals surface area contributed by atoms with E-state index in [2.05, 4.69) is 5.32 Å². The minimum absolute atomic E-state index is 0.283. The molecule has 0 aromatic heterocycles. The maximum absolute atomic E-state index is 12.0. The highest BCUT2D eigenvalue weighted by Crippen LogP contribution is 2.28. The number of rotatable bonds is 11. The Morgan fingerprint density at radius 3 is 1.95 bits per heavy atom. The van der Waals surface area contributed by atoms with Crippen LogP contribution in [0.1, 0.15) is 60.3 Å². The Labute approximate surface area is 127 Å². The zero-order valence-electron chi connectivity index (χ0n) is 13.8. The maximum atomic E-state index is 12.0. The molecule has 1 atom stereocenters. The Bertz CT molecular complexity index is 339. The summed E-state index contributed by atoms with van der Waals surface area (Å²) in [6.45, 7) is 9.07. The predicted molar refractivity (Wildman–Crippen MR) is 80.0 cm³/mol. The number of aliphatic carboxylic acids is 1. The van der Waals surface area contributed by atoms with Crippen molar-refractivity contribution in [2.45, 2.75) is 71.6 Å². The summed E-state index contributed by atoms with van der Waals surface area (Å²) >= 11 is 0. The van der Waals surface area contributed by atoms with Crippen LogP contribution in [0, 0.1) is 0 Å². The Hall–Kier alpha value is -1.14. The second kappa shape index (κ2) is 9.00. The molecule has 0 aliphatic carbocycles. The number of carboxylic acids is 1. The van der Waals surface area contributed by atoms with E-state index >= 15 is 0 Å². The van der Waals surface area contributed by atoms with Gasteiger partial charge in [0.25, 0.3) is 0 Å². The van der Waals surface area contributed by atoms with Gasteiger partial charge in [-0.1, -0.05) is 19.8 Å². The van der Waals surface area contributed by atoms with Gasteiger partial charge >= 0.3 is 5.97 Å². The van der Waals surface area contributed by atoms with Crippen molar-refractivity contribution in [3.63, 3.8) is 0 Å².